The zero-order valence-corrected chi connectivity index (χ0v) is 23.6. The van der Waals surface area contributed by atoms with E-state index < -0.39 is 21.8 Å². The van der Waals surface area contributed by atoms with Crippen molar-refractivity contribution in [3.8, 4) is 11.5 Å². The minimum atomic E-state index is -4.47. The summed E-state index contributed by atoms with van der Waals surface area (Å²) in [5.74, 6) is 0.955. The van der Waals surface area contributed by atoms with Crippen LogP contribution in [0.1, 0.15) is 11.1 Å². The second-order valence-electron chi connectivity index (χ2n) is 8.47. The number of hydrogen-bond acceptors (Lipinski definition) is 7. The van der Waals surface area contributed by atoms with Gasteiger partial charge in [-0.25, -0.2) is 17.7 Å². The van der Waals surface area contributed by atoms with Gasteiger partial charge in [-0.15, -0.1) is 11.3 Å². The van der Waals surface area contributed by atoms with E-state index in [4.69, 9.17) is 9.47 Å². The van der Waals surface area contributed by atoms with Crippen molar-refractivity contribution in [3.05, 3.63) is 87.8 Å². The normalized spacial score (nSPS) is 13.5. The number of benzene rings is 3. The van der Waals surface area contributed by atoms with Gasteiger partial charge in [-0.3, -0.25) is 0 Å². The number of aromatic nitrogens is 1. The molecule has 0 saturated carbocycles. The third-order valence-electron chi connectivity index (χ3n) is 6.07. The van der Waals surface area contributed by atoms with Crippen LogP contribution < -0.4 is 18.7 Å². The van der Waals surface area contributed by atoms with Gasteiger partial charge in [0.2, 0.25) is 0 Å². The summed E-state index contributed by atoms with van der Waals surface area (Å²) >= 11 is 4.45. The molecule has 4 aromatic rings. The molecule has 0 spiro atoms. The van der Waals surface area contributed by atoms with Gasteiger partial charge >= 0.3 is 6.18 Å². The van der Waals surface area contributed by atoms with E-state index in [0.29, 0.717) is 34.6 Å². The van der Waals surface area contributed by atoms with Gasteiger partial charge in [0.1, 0.15) is 18.1 Å². The van der Waals surface area contributed by atoms with Crippen LogP contribution in [0.15, 0.2) is 81.6 Å². The van der Waals surface area contributed by atoms with Crippen molar-refractivity contribution < 1.29 is 31.1 Å². The Morgan fingerprint density at radius 2 is 1.85 bits per heavy atom. The van der Waals surface area contributed by atoms with E-state index in [-0.39, 0.29) is 22.5 Å². The Morgan fingerprint density at radius 3 is 2.49 bits per heavy atom. The van der Waals surface area contributed by atoms with Crippen molar-refractivity contribution in [2.75, 3.05) is 29.5 Å². The topological polar surface area (TPSA) is 72.0 Å². The average Bonchev–Trinajstić information content (AvgIpc) is 3.45. The maximum absolute atomic E-state index is 13.9. The fraction of sp³-hybridized carbons (Fsp3) is 0.192. The van der Waals surface area contributed by atoms with E-state index in [9.17, 15) is 21.6 Å². The number of hydrogen-bond donors (Lipinski definition) is 0. The predicted molar refractivity (Wildman–Crippen MR) is 147 cm³/mol. The molecule has 204 valence electrons. The van der Waals surface area contributed by atoms with Crippen molar-refractivity contribution in [2.24, 2.45) is 0 Å². The molecule has 7 nitrogen and oxygen atoms in total. The van der Waals surface area contributed by atoms with E-state index >= 15 is 0 Å². The molecule has 3 aromatic carbocycles. The second-order valence-corrected chi connectivity index (χ2v) is 12.1. The lowest BCUT2D eigenvalue weighted by atomic mass is 10.1. The average molecular weight is 641 g/mol. The fourth-order valence-electron chi connectivity index (χ4n) is 4.13. The number of nitrogens with zero attached hydrogens (tertiary/aromatic N) is 3. The van der Waals surface area contributed by atoms with Crippen LogP contribution in [-0.2, 0) is 22.7 Å². The van der Waals surface area contributed by atoms with Crippen molar-refractivity contribution in [1.82, 2.24) is 4.98 Å². The van der Waals surface area contributed by atoms with Gasteiger partial charge in [-0.1, -0.05) is 12.1 Å². The number of anilines is 3. The van der Waals surface area contributed by atoms with Gasteiger partial charge in [-0.05, 0) is 64.0 Å². The lowest BCUT2D eigenvalue weighted by Crippen LogP contribution is -2.32. The molecule has 0 saturated heterocycles. The molecule has 13 heteroatoms. The Bertz CT molecular complexity index is 1580. The minimum Gasteiger partial charge on any atom is -0.497 e. The van der Waals surface area contributed by atoms with Crippen molar-refractivity contribution in [1.29, 1.82) is 0 Å². The highest BCUT2D eigenvalue weighted by Gasteiger charge is 2.33. The molecule has 0 radical (unpaired) electrons. The maximum Gasteiger partial charge on any atom is 0.416 e. The first-order chi connectivity index (χ1) is 18.6. The Balaban J connectivity index is 1.49. The molecule has 0 atom stereocenters. The monoisotopic (exact) mass is 639 g/mol. The molecule has 0 aliphatic carbocycles. The van der Waals surface area contributed by atoms with Gasteiger partial charge in [-0.2, -0.15) is 13.2 Å². The highest BCUT2D eigenvalue weighted by atomic mass is 79.9. The number of rotatable bonds is 7. The lowest BCUT2D eigenvalue weighted by Gasteiger charge is -2.32. The molecular formula is C26H21BrF3N3O4S2. The van der Waals surface area contributed by atoms with Crippen LogP contribution in [-0.4, -0.2) is 33.7 Å². The van der Waals surface area contributed by atoms with Gasteiger partial charge in [0.25, 0.3) is 10.0 Å². The SMILES string of the molecule is COc1ccc(CN(c2nccs2)S(=O)(=O)c2ccc3c(c2)OCCN3c2ccc(C(F)(F)F)cc2Br)cc1. The van der Waals surface area contributed by atoms with Crippen LogP contribution >= 0.6 is 27.3 Å². The molecule has 1 aromatic heterocycles. The third kappa shape index (κ3) is 5.56. The van der Waals surface area contributed by atoms with Gasteiger partial charge in [0.15, 0.2) is 5.13 Å². The Hall–Kier alpha value is -3.29. The highest BCUT2D eigenvalue weighted by molar-refractivity contribution is 9.10. The predicted octanol–water partition coefficient (Wildman–Crippen LogP) is 6.86. The van der Waals surface area contributed by atoms with E-state index in [1.165, 1.54) is 40.0 Å². The number of thiazole rings is 1. The first kappa shape index (κ1) is 27.3. The fourth-order valence-corrected chi connectivity index (χ4v) is 7.02. The molecule has 0 N–H and O–H groups in total. The van der Waals surface area contributed by atoms with Gasteiger partial charge in [0.05, 0.1) is 42.0 Å². The number of ether oxygens (including phenoxy) is 2. The summed E-state index contributed by atoms with van der Waals surface area (Å²) in [5.41, 5.74) is 1.01. The minimum absolute atomic E-state index is 0.00158. The summed E-state index contributed by atoms with van der Waals surface area (Å²) < 4.78 is 79.7. The first-order valence-electron chi connectivity index (χ1n) is 11.5. The third-order valence-corrected chi connectivity index (χ3v) is 9.34. The second kappa shape index (κ2) is 10.7. The summed E-state index contributed by atoms with van der Waals surface area (Å²) in [5, 5.41) is 2.00. The summed E-state index contributed by atoms with van der Waals surface area (Å²) in [6.45, 7) is 0.625. The Labute approximate surface area is 235 Å². The zero-order valence-electron chi connectivity index (χ0n) is 20.4. The molecule has 2 heterocycles. The first-order valence-corrected chi connectivity index (χ1v) is 14.7. The standard InChI is InChI=1S/C26H21BrF3N3O4S2/c1-36-19-5-2-17(3-6-19)16-33(25-31-10-13-38-25)39(34,35)20-7-9-23-24(15-20)37-12-11-32(23)22-8-4-18(14-21(22)27)26(28,29)30/h2-10,13-15H,11-12,16H2,1H3. The number of methoxy groups -OCH3 is 1. The van der Waals surface area contributed by atoms with Crippen LogP contribution in [0.5, 0.6) is 11.5 Å². The summed E-state index contributed by atoms with van der Waals surface area (Å²) in [6.07, 6.45) is -2.94. The van der Waals surface area contributed by atoms with E-state index in [2.05, 4.69) is 20.9 Å². The molecule has 1 aliphatic rings. The van der Waals surface area contributed by atoms with Crippen LogP contribution in [0.2, 0.25) is 0 Å². The Morgan fingerprint density at radius 1 is 1.10 bits per heavy atom. The molecule has 0 fully saturated rings. The van der Waals surface area contributed by atoms with Crippen LogP contribution in [0.3, 0.4) is 0 Å². The van der Waals surface area contributed by atoms with Crippen LogP contribution in [0.25, 0.3) is 0 Å². The molecule has 0 bridgehead atoms. The smallest absolute Gasteiger partial charge is 0.416 e. The number of halogens is 4. The molecule has 0 unspecified atom stereocenters. The van der Waals surface area contributed by atoms with Gasteiger partial charge in [0, 0.05) is 22.1 Å². The van der Waals surface area contributed by atoms with Crippen molar-refractivity contribution in [2.45, 2.75) is 17.6 Å². The largest absolute Gasteiger partial charge is 0.497 e. The van der Waals surface area contributed by atoms with E-state index in [1.807, 2.05) is 0 Å². The zero-order chi connectivity index (χ0) is 27.8. The highest BCUT2D eigenvalue weighted by Crippen LogP contribution is 2.43. The molecule has 5 rings (SSSR count). The number of fused-ring (bicyclic) bond motifs is 1. The van der Waals surface area contributed by atoms with E-state index in [1.54, 1.807) is 47.7 Å². The lowest BCUT2D eigenvalue weighted by molar-refractivity contribution is -0.137. The van der Waals surface area contributed by atoms with Crippen LogP contribution in [0.4, 0.5) is 29.7 Å². The van der Waals surface area contributed by atoms with Gasteiger partial charge < -0.3 is 14.4 Å². The molecule has 39 heavy (non-hydrogen) atoms. The maximum atomic E-state index is 13.9. The summed E-state index contributed by atoms with van der Waals surface area (Å²) in [4.78, 5) is 6.01. The number of alkyl halides is 3. The molecule has 0 amide bonds. The molecular weight excluding hydrogens is 619 g/mol. The van der Waals surface area contributed by atoms with E-state index in [0.717, 1.165) is 17.7 Å². The molecule has 1 aliphatic heterocycles. The summed E-state index contributed by atoms with van der Waals surface area (Å²) in [6, 6.07) is 15.0. The Kier molecular flexibility index (Phi) is 7.49. The quantitative estimate of drug-likeness (QED) is 0.220. The van der Waals surface area contributed by atoms with Crippen molar-refractivity contribution >= 4 is 53.8 Å². The number of sulfonamides is 1. The van der Waals surface area contributed by atoms with Crippen molar-refractivity contribution in [3.63, 3.8) is 0 Å². The van der Waals surface area contributed by atoms with Crippen LogP contribution in [0, 0.1) is 0 Å². The summed E-state index contributed by atoms with van der Waals surface area (Å²) in [7, 11) is -2.51.